The van der Waals surface area contributed by atoms with Crippen molar-refractivity contribution in [3.8, 4) is 0 Å². The third-order valence-corrected chi connectivity index (χ3v) is 1.37. The standard InChI is InChI=1S/C9H6F2O2.Na.H/c10-7-3-6(4-8(11)5-7)9(13)1-2-12;;/h1-5,12H;;/b2-1+;;. The number of carbonyl (C=O) groups excluding carboxylic acids is 1. The molecule has 2 nitrogen and oxygen atoms in total. The Bertz CT molecular complexity index is 344. The molecular weight excluding hydrogens is 201 g/mol. The molecule has 0 aromatic heterocycles. The molecule has 1 aromatic carbocycles. The van der Waals surface area contributed by atoms with Gasteiger partial charge < -0.3 is 5.11 Å². The van der Waals surface area contributed by atoms with Crippen LogP contribution in [0.15, 0.2) is 30.5 Å². The fraction of sp³-hybridized carbons (Fsp3) is 0. The number of allylic oxidation sites excluding steroid dienone is 1. The minimum atomic E-state index is -0.824. The maximum atomic E-state index is 12.5. The Labute approximate surface area is 102 Å². The van der Waals surface area contributed by atoms with E-state index in [9.17, 15) is 13.6 Å². The van der Waals surface area contributed by atoms with Crippen LogP contribution in [-0.4, -0.2) is 40.4 Å². The van der Waals surface area contributed by atoms with Gasteiger partial charge in [0.2, 0.25) is 0 Å². The Morgan fingerprint density at radius 1 is 1.21 bits per heavy atom. The van der Waals surface area contributed by atoms with Gasteiger partial charge in [-0.15, -0.1) is 0 Å². The summed E-state index contributed by atoms with van der Waals surface area (Å²) in [5, 5.41) is 8.25. The van der Waals surface area contributed by atoms with Gasteiger partial charge in [0.1, 0.15) is 11.6 Å². The van der Waals surface area contributed by atoms with Crippen LogP contribution < -0.4 is 0 Å². The Kier molecular flexibility index (Phi) is 5.60. The molecule has 0 saturated carbocycles. The first kappa shape index (κ1) is 13.3. The van der Waals surface area contributed by atoms with E-state index in [0.29, 0.717) is 12.3 Å². The molecule has 0 aliphatic rings. The molecule has 0 unspecified atom stereocenters. The number of ketones is 1. The van der Waals surface area contributed by atoms with Gasteiger partial charge in [-0.05, 0) is 12.1 Å². The molecule has 1 N–H and O–H groups in total. The van der Waals surface area contributed by atoms with Gasteiger partial charge >= 0.3 is 29.6 Å². The molecule has 0 aliphatic carbocycles. The Morgan fingerprint density at radius 3 is 2.14 bits per heavy atom. The minimum absolute atomic E-state index is 0. The number of hydrogen-bond donors (Lipinski definition) is 1. The molecule has 70 valence electrons. The van der Waals surface area contributed by atoms with Crippen molar-refractivity contribution in [1.29, 1.82) is 0 Å². The van der Waals surface area contributed by atoms with E-state index >= 15 is 0 Å². The third-order valence-electron chi connectivity index (χ3n) is 1.37. The number of aliphatic hydroxyl groups is 1. The van der Waals surface area contributed by atoms with Gasteiger partial charge in [-0.2, -0.15) is 0 Å². The molecule has 5 heteroatoms. The molecule has 0 fully saturated rings. The quantitative estimate of drug-likeness (QED) is 0.346. The maximum absolute atomic E-state index is 12.5. The molecule has 14 heavy (non-hydrogen) atoms. The van der Waals surface area contributed by atoms with E-state index in [0.717, 1.165) is 18.2 Å². The van der Waals surface area contributed by atoms with E-state index in [1.54, 1.807) is 0 Å². The van der Waals surface area contributed by atoms with Crippen LogP contribution in [0.25, 0.3) is 0 Å². The van der Waals surface area contributed by atoms with Crippen molar-refractivity contribution in [2.75, 3.05) is 0 Å². The average molecular weight is 208 g/mol. The fourth-order valence-electron chi connectivity index (χ4n) is 0.860. The first-order valence-electron chi connectivity index (χ1n) is 3.44. The summed E-state index contributed by atoms with van der Waals surface area (Å²) >= 11 is 0. The molecule has 0 radical (unpaired) electrons. The van der Waals surface area contributed by atoms with Crippen molar-refractivity contribution >= 4 is 35.3 Å². The summed E-state index contributed by atoms with van der Waals surface area (Å²) in [5.74, 6) is -2.30. The van der Waals surface area contributed by atoms with Gasteiger partial charge in [0.15, 0.2) is 5.78 Å². The van der Waals surface area contributed by atoms with Crippen molar-refractivity contribution < 1.29 is 18.7 Å². The predicted octanol–water partition coefficient (Wildman–Crippen LogP) is 1.57. The molecule has 0 amide bonds. The van der Waals surface area contributed by atoms with Crippen LogP contribution >= 0.6 is 0 Å². The van der Waals surface area contributed by atoms with Crippen LogP contribution in [-0.2, 0) is 0 Å². The van der Waals surface area contributed by atoms with E-state index in [2.05, 4.69) is 0 Å². The van der Waals surface area contributed by atoms with E-state index in [1.165, 1.54) is 0 Å². The summed E-state index contributed by atoms with van der Waals surface area (Å²) in [7, 11) is 0. The van der Waals surface area contributed by atoms with Crippen molar-refractivity contribution in [2.24, 2.45) is 0 Å². The predicted molar refractivity (Wildman–Crippen MR) is 49.6 cm³/mol. The van der Waals surface area contributed by atoms with E-state index in [-0.39, 0.29) is 35.1 Å². The number of carbonyl (C=O) groups is 1. The fourth-order valence-corrected chi connectivity index (χ4v) is 0.860. The van der Waals surface area contributed by atoms with Crippen LogP contribution in [0.3, 0.4) is 0 Å². The van der Waals surface area contributed by atoms with Crippen molar-refractivity contribution in [3.05, 3.63) is 47.7 Å². The zero-order chi connectivity index (χ0) is 9.84. The summed E-state index contributed by atoms with van der Waals surface area (Å²) in [6, 6.07) is 2.45. The summed E-state index contributed by atoms with van der Waals surface area (Å²) < 4.78 is 25.1. The Balaban J connectivity index is 0.00000169. The molecule has 0 spiro atoms. The number of rotatable bonds is 2. The van der Waals surface area contributed by atoms with Crippen LogP contribution in [0.4, 0.5) is 8.78 Å². The van der Waals surface area contributed by atoms with Gasteiger partial charge in [0.25, 0.3) is 0 Å². The van der Waals surface area contributed by atoms with Gasteiger partial charge in [-0.25, -0.2) is 8.78 Å². The second-order valence-corrected chi connectivity index (χ2v) is 2.34. The summed E-state index contributed by atoms with van der Waals surface area (Å²) in [4.78, 5) is 11.0. The van der Waals surface area contributed by atoms with Gasteiger partial charge in [-0.1, -0.05) is 0 Å². The van der Waals surface area contributed by atoms with Gasteiger partial charge in [0, 0.05) is 17.7 Å². The van der Waals surface area contributed by atoms with Gasteiger partial charge in [-0.3, -0.25) is 4.79 Å². The first-order valence-corrected chi connectivity index (χ1v) is 3.44. The van der Waals surface area contributed by atoms with Crippen LogP contribution in [0, 0.1) is 11.6 Å². The molecule has 0 bridgehead atoms. The zero-order valence-corrected chi connectivity index (χ0v) is 6.50. The van der Waals surface area contributed by atoms with Crippen molar-refractivity contribution in [1.82, 2.24) is 0 Å². The molecule has 0 saturated heterocycles. The normalized spacial score (nSPS) is 9.86. The summed E-state index contributed by atoms with van der Waals surface area (Å²) in [5.41, 5.74) is -0.136. The monoisotopic (exact) mass is 208 g/mol. The summed E-state index contributed by atoms with van der Waals surface area (Å²) in [6.45, 7) is 0. The van der Waals surface area contributed by atoms with Crippen LogP contribution in [0.1, 0.15) is 10.4 Å². The molecule has 1 rings (SSSR count). The molecule has 0 aliphatic heterocycles. The average Bonchev–Trinajstić information content (AvgIpc) is 2.03. The van der Waals surface area contributed by atoms with Crippen molar-refractivity contribution in [3.63, 3.8) is 0 Å². The second-order valence-electron chi connectivity index (χ2n) is 2.34. The molecule has 1 aromatic rings. The second kappa shape index (κ2) is 5.90. The summed E-state index contributed by atoms with van der Waals surface area (Å²) in [6.07, 6.45) is 1.33. The molecular formula is C9H7F2NaO2. The van der Waals surface area contributed by atoms with Crippen LogP contribution in [0.5, 0.6) is 0 Å². The van der Waals surface area contributed by atoms with Crippen molar-refractivity contribution in [2.45, 2.75) is 0 Å². The SMILES string of the molecule is O=C(/C=C/O)c1cc(F)cc(F)c1.[NaH]. The van der Waals surface area contributed by atoms with Gasteiger partial charge in [0.05, 0.1) is 6.26 Å². The number of halogens is 2. The zero-order valence-electron chi connectivity index (χ0n) is 6.50. The van der Waals surface area contributed by atoms with E-state index < -0.39 is 17.4 Å². The van der Waals surface area contributed by atoms with E-state index in [4.69, 9.17) is 5.11 Å². The first-order chi connectivity index (χ1) is 6.13. The number of aliphatic hydroxyl groups excluding tert-OH is 1. The molecule has 0 heterocycles. The Hall–Kier alpha value is -0.710. The Morgan fingerprint density at radius 2 is 1.71 bits per heavy atom. The third kappa shape index (κ3) is 3.57. The number of hydrogen-bond acceptors (Lipinski definition) is 2. The topological polar surface area (TPSA) is 37.3 Å². The molecule has 0 atom stereocenters. The number of benzene rings is 1. The van der Waals surface area contributed by atoms with E-state index in [1.807, 2.05) is 0 Å². The van der Waals surface area contributed by atoms with Crippen LogP contribution in [0.2, 0.25) is 0 Å².